The van der Waals surface area contributed by atoms with E-state index < -0.39 is 0 Å². The zero-order valence-corrected chi connectivity index (χ0v) is 13.7. The second-order valence-corrected chi connectivity index (χ2v) is 6.70. The van der Waals surface area contributed by atoms with Crippen molar-refractivity contribution in [3.8, 4) is 0 Å². The van der Waals surface area contributed by atoms with Crippen LogP contribution in [0.15, 0.2) is 66.3 Å². The van der Waals surface area contributed by atoms with Gasteiger partial charge in [0.15, 0.2) is 0 Å². The predicted molar refractivity (Wildman–Crippen MR) is 98.4 cm³/mol. The Hall–Kier alpha value is -2.25. The third-order valence-corrected chi connectivity index (χ3v) is 5.01. The van der Waals surface area contributed by atoms with Crippen molar-refractivity contribution in [3.63, 3.8) is 0 Å². The summed E-state index contributed by atoms with van der Waals surface area (Å²) in [5.41, 5.74) is 10.8. The van der Waals surface area contributed by atoms with E-state index in [9.17, 15) is 0 Å². The molecule has 2 aliphatic rings. The molecule has 0 amide bonds. The average molecular weight is 320 g/mol. The standard InChI is InChI=1S/C21H18ClN/c1-13-5-4-7-15-11-14-6-2-3-8-17(14)21(20(13)15)18-10-9-16(22)12-19(18)23/h2-13,20H,23H2,1H3. The summed E-state index contributed by atoms with van der Waals surface area (Å²) >= 11 is 6.10. The molecule has 0 saturated carbocycles. The maximum Gasteiger partial charge on any atom is 0.0426 e. The van der Waals surface area contributed by atoms with Gasteiger partial charge in [-0.3, -0.25) is 0 Å². The third kappa shape index (κ3) is 2.32. The summed E-state index contributed by atoms with van der Waals surface area (Å²) in [6.45, 7) is 2.27. The van der Waals surface area contributed by atoms with E-state index >= 15 is 0 Å². The average Bonchev–Trinajstić information content (AvgIpc) is 2.54. The van der Waals surface area contributed by atoms with Gasteiger partial charge in [-0.1, -0.05) is 73.2 Å². The lowest BCUT2D eigenvalue weighted by Gasteiger charge is -2.31. The van der Waals surface area contributed by atoms with E-state index in [4.69, 9.17) is 17.3 Å². The van der Waals surface area contributed by atoms with Gasteiger partial charge in [0.25, 0.3) is 0 Å². The van der Waals surface area contributed by atoms with E-state index in [1.54, 1.807) is 0 Å². The molecule has 2 aromatic rings. The van der Waals surface area contributed by atoms with Gasteiger partial charge in [0.2, 0.25) is 0 Å². The van der Waals surface area contributed by atoms with Gasteiger partial charge in [0.05, 0.1) is 0 Å². The Balaban J connectivity index is 2.10. The van der Waals surface area contributed by atoms with Crippen molar-refractivity contribution in [1.29, 1.82) is 0 Å². The molecule has 23 heavy (non-hydrogen) atoms. The van der Waals surface area contributed by atoms with Crippen LogP contribution >= 0.6 is 11.6 Å². The molecule has 2 atom stereocenters. The lowest BCUT2D eigenvalue weighted by atomic mass is 9.72. The van der Waals surface area contributed by atoms with Crippen LogP contribution < -0.4 is 16.2 Å². The molecule has 0 aliphatic heterocycles. The summed E-state index contributed by atoms with van der Waals surface area (Å²) in [4.78, 5) is 0. The summed E-state index contributed by atoms with van der Waals surface area (Å²) in [5, 5.41) is 3.20. The van der Waals surface area contributed by atoms with Crippen molar-refractivity contribution < 1.29 is 0 Å². The van der Waals surface area contributed by atoms with Gasteiger partial charge in [-0.05, 0) is 39.6 Å². The van der Waals surface area contributed by atoms with Gasteiger partial charge in [-0.25, -0.2) is 0 Å². The predicted octanol–water partition coefficient (Wildman–Crippen LogP) is 3.66. The van der Waals surface area contributed by atoms with Crippen LogP contribution in [0.25, 0.3) is 11.6 Å². The van der Waals surface area contributed by atoms with Crippen molar-refractivity contribution in [2.24, 2.45) is 11.8 Å². The van der Waals surface area contributed by atoms with Gasteiger partial charge in [0.1, 0.15) is 0 Å². The SMILES string of the molecule is CC1C=CC=C2C=c3ccccc3=C(c3ccc(Cl)cc3N)C21. The molecule has 0 heterocycles. The van der Waals surface area contributed by atoms with Crippen LogP contribution in [0.1, 0.15) is 12.5 Å². The van der Waals surface area contributed by atoms with Crippen LogP contribution in [0.2, 0.25) is 5.02 Å². The van der Waals surface area contributed by atoms with Crippen LogP contribution in [0.5, 0.6) is 0 Å². The fraction of sp³-hybridized carbons (Fsp3) is 0.143. The van der Waals surface area contributed by atoms with Crippen molar-refractivity contribution in [3.05, 3.63) is 87.3 Å². The maximum atomic E-state index is 6.32. The smallest absolute Gasteiger partial charge is 0.0426 e. The normalized spacial score (nSPS) is 22.0. The monoisotopic (exact) mass is 319 g/mol. The second kappa shape index (κ2) is 5.43. The second-order valence-electron chi connectivity index (χ2n) is 6.27. The Bertz CT molecular complexity index is 966. The third-order valence-electron chi connectivity index (χ3n) is 4.78. The zero-order valence-electron chi connectivity index (χ0n) is 13.0. The summed E-state index contributed by atoms with van der Waals surface area (Å²) in [6.07, 6.45) is 8.94. The molecule has 0 saturated heterocycles. The van der Waals surface area contributed by atoms with Crippen molar-refractivity contribution in [2.45, 2.75) is 6.92 Å². The van der Waals surface area contributed by atoms with Crippen molar-refractivity contribution in [1.82, 2.24) is 0 Å². The molecule has 2 aromatic carbocycles. The summed E-state index contributed by atoms with van der Waals surface area (Å²) in [5.74, 6) is 0.767. The molecule has 0 bridgehead atoms. The van der Waals surface area contributed by atoms with E-state index in [0.717, 1.165) is 11.3 Å². The number of hydrogen-bond donors (Lipinski definition) is 1. The highest BCUT2D eigenvalue weighted by Crippen LogP contribution is 2.40. The van der Waals surface area contributed by atoms with E-state index in [1.807, 2.05) is 12.1 Å². The highest BCUT2D eigenvalue weighted by Gasteiger charge is 2.29. The van der Waals surface area contributed by atoms with Gasteiger partial charge < -0.3 is 5.73 Å². The van der Waals surface area contributed by atoms with Crippen LogP contribution in [0, 0.1) is 11.8 Å². The highest BCUT2D eigenvalue weighted by molar-refractivity contribution is 6.30. The maximum absolute atomic E-state index is 6.32. The van der Waals surface area contributed by atoms with E-state index in [0.29, 0.717) is 16.9 Å². The molecule has 1 nitrogen and oxygen atoms in total. The molecular weight excluding hydrogens is 302 g/mol. The van der Waals surface area contributed by atoms with Gasteiger partial charge >= 0.3 is 0 Å². The molecule has 0 radical (unpaired) electrons. The Morgan fingerprint density at radius 2 is 1.91 bits per heavy atom. The summed E-state index contributed by atoms with van der Waals surface area (Å²) in [7, 11) is 0. The largest absolute Gasteiger partial charge is 0.398 e. The molecule has 2 heteroatoms. The fourth-order valence-electron chi connectivity index (χ4n) is 3.73. The lowest BCUT2D eigenvalue weighted by Crippen LogP contribution is -2.36. The first-order chi connectivity index (χ1) is 11.1. The van der Waals surface area contributed by atoms with E-state index in [2.05, 4.69) is 61.6 Å². The number of nitrogens with two attached hydrogens (primary N) is 1. The van der Waals surface area contributed by atoms with E-state index in [-0.39, 0.29) is 0 Å². The van der Waals surface area contributed by atoms with Gasteiger partial charge in [0, 0.05) is 22.2 Å². The van der Waals surface area contributed by atoms with Crippen LogP contribution in [0.3, 0.4) is 0 Å². The van der Waals surface area contributed by atoms with Crippen LogP contribution in [0.4, 0.5) is 5.69 Å². The molecule has 0 fully saturated rings. The Morgan fingerprint density at radius 3 is 2.74 bits per heavy atom. The van der Waals surface area contributed by atoms with Crippen LogP contribution in [-0.4, -0.2) is 0 Å². The number of hydrogen-bond acceptors (Lipinski definition) is 1. The number of rotatable bonds is 1. The molecular formula is C21H18ClN. The summed E-state index contributed by atoms with van der Waals surface area (Å²) in [6, 6.07) is 14.4. The number of allylic oxidation sites excluding steroid dienone is 4. The Labute approximate surface area is 141 Å². The van der Waals surface area contributed by atoms with Gasteiger partial charge in [-0.2, -0.15) is 0 Å². The molecule has 2 aliphatic carbocycles. The summed E-state index contributed by atoms with van der Waals surface area (Å²) < 4.78 is 0. The minimum absolute atomic E-state index is 0.332. The van der Waals surface area contributed by atoms with E-state index in [1.165, 1.54) is 21.6 Å². The highest BCUT2D eigenvalue weighted by atomic mass is 35.5. The molecule has 2 unspecified atom stereocenters. The Kier molecular flexibility index (Phi) is 3.39. The number of benzene rings is 2. The molecule has 2 N–H and O–H groups in total. The van der Waals surface area contributed by atoms with Crippen molar-refractivity contribution >= 4 is 28.9 Å². The number of fused-ring (bicyclic) bond motifs is 2. The molecule has 0 aromatic heterocycles. The first-order valence-electron chi connectivity index (χ1n) is 7.90. The minimum atomic E-state index is 0.332. The number of halogens is 1. The zero-order chi connectivity index (χ0) is 16.0. The van der Waals surface area contributed by atoms with Gasteiger partial charge in [-0.15, -0.1) is 0 Å². The number of anilines is 1. The minimum Gasteiger partial charge on any atom is -0.398 e. The lowest BCUT2D eigenvalue weighted by molar-refractivity contribution is 0.600. The fourth-order valence-corrected chi connectivity index (χ4v) is 3.91. The molecule has 114 valence electrons. The quantitative estimate of drug-likeness (QED) is 0.798. The first kappa shape index (κ1) is 14.3. The Morgan fingerprint density at radius 1 is 1.09 bits per heavy atom. The number of nitrogen functional groups attached to an aromatic ring is 1. The van der Waals surface area contributed by atoms with Crippen molar-refractivity contribution in [2.75, 3.05) is 5.73 Å². The molecule has 4 rings (SSSR count). The topological polar surface area (TPSA) is 26.0 Å². The first-order valence-corrected chi connectivity index (χ1v) is 8.28. The molecule has 0 spiro atoms. The van der Waals surface area contributed by atoms with Crippen LogP contribution in [-0.2, 0) is 0 Å².